The summed E-state index contributed by atoms with van der Waals surface area (Å²) in [5.74, 6) is -0.603. The van der Waals surface area contributed by atoms with Crippen molar-refractivity contribution < 1.29 is 14.0 Å². The lowest BCUT2D eigenvalue weighted by atomic mass is 9.94. The maximum absolute atomic E-state index is 14.7. The normalized spacial score (nSPS) is 20.7. The van der Waals surface area contributed by atoms with Crippen molar-refractivity contribution in [2.75, 3.05) is 30.4 Å². The van der Waals surface area contributed by atoms with Crippen molar-refractivity contribution >= 4 is 23.2 Å². The van der Waals surface area contributed by atoms with Gasteiger partial charge in [0.2, 0.25) is 11.8 Å². The van der Waals surface area contributed by atoms with Crippen LogP contribution in [-0.2, 0) is 9.59 Å². The minimum absolute atomic E-state index is 0.0821. The van der Waals surface area contributed by atoms with Crippen molar-refractivity contribution in [3.8, 4) is 0 Å². The summed E-state index contributed by atoms with van der Waals surface area (Å²) in [5.41, 5.74) is 1.06. The van der Waals surface area contributed by atoms with Crippen LogP contribution in [0.25, 0.3) is 0 Å². The van der Waals surface area contributed by atoms with Gasteiger partial charge in [-0.1, -0.05) is 26.2 Å². The maximum atomic E-state index is 14.7. The molecule has 1 unspecified atom stereocenters. The summed E-state index contributed by atoms with van der Waals surface area (Å²) < 4.78 is 14.7. The third kappa shape index (κ3) is 4.83. The fraction of sp³-hybridized carbons (Fsp3) is 0.636. The van der Waals surface area contributed by atoms with Gasteiger partial charge in [-0.05, 0) is 43.9 Å². The Bertz CT molecular complexity index is 703. The van der Waals surface area contributed by atoms with Crippen LogP contribution in [0.15, 0.2) is 18.2 Å². The van der Waals surface area contributed by atoms with E-state index in [2.05, 4.69) is 5.32 Å². The van der Waals surface area contributed by atoms with Gasteiger partial charge in [0.15, 0.2) is 0 Å². The summed E-state index contributed by atoms with van der Waals surface area (Å²) >= 11 is 0. The van der Waals surface area contributed by atoms with E-state index >= 15 is 0 Å². The highest BCUT2D eigenvalue weighted by Crippen LogP contribution is 2.29. The van der Waals surface area contributed by atoms with E-state index in [0.29, 0.717) is 36.9 Å². The van der Waals surface area contributed by atoms with Gasteiger partial charge in [0.05, 0.1) is 11.6 Å². The number of anilines is 2. The minimum Gasteiger partial charge on any atom is -0.369 e. The lowest BCUT2D eigenvalue weighted by Crippen LogP contribution is -2.43. The van der Waals surface area contributed by atoms with E-state index in [0.717, 1.165) is 25.7 Å². The Balaban J connectivity index is 1.62. The first-order valence-electron chi connectivity index (χ1n) is 10.6. The lowest BCUT2D eigenvalue weighted by Gasteiger charge is -2.33. The topological polar surface area (TPSA) is 52.7 Å². The average molecular weight is 390 g/mol. The van der Waals surface area contributed by atoms with Crippen LogP contribution in [0.3, 0.4) is 0 Å². The molecular weight excluding hydrogens is 357 g/mol. The molecule has 0 bridgehead atoms. The first-order valence-corrected chi connectivity index (χ1v) is 10.6. The van der Waals surface area contributed by atoms with Crippen molar-refractivity contribution in [1.29, 1.82) is 0 Å². The molecule has 0 aromatic heterocycles. The molecule has 1 aliphatic carbocycles. The van der Waals surface area contributed by atoms with Crippen molar-refractivity contribution in [3.05, 3.63) is 24.0 Å². The molecular formula is C22H32FN3O2. The van der Waals surface area contributed by atoms with Gasteiger partial charge < -0.3 is 15.1 Å². The molecule has 2 fully saturated rings. The van der Waals surface area contributed by atoms with Gasteiger partial charge in [0, 0.05) is 38.3 Å². The first-order chi connectivity index (χ1) is 13.5. The van der Waals surface area contributed by atoms with Crippen LogP contribution in [0.2, 0.25) is 0 Å². The predicted octanol–water partition coefficient (Wildman–Crippen LogP) is 4.18. The summed E-state index contributed by atoms with van der Waals surface area (Å²) in [5, 5.41) is 2.84. The van der Waals surface area contributed by atoms with Gasteiger partial charge >= 0.3 is 0 Å². The van der Waals surface area contributed by atoms with E-state index in [9.17, 15) is 14.0 Å². The van der Waals surface area contributed by atoms with Gasteiger partial charge in [-0.15, -0.1) is 0 Å². The Morgan fingerprint density at radius 3 is 2.61 bits per heavy atom. The highest BCUT2D eigenvalue weighted by atomic mass is 19.1. The Labute approximate surface area is 167 Å². The van der Waals surface area contributed by atoms with Gasteiger partial charge in [-0.25, -0.2) is 4.39 Å². The van der Waals surface area contributed by atoms with Crippen molar-refractivity contribution in [1.82, 2.24) is 4.90 Å². The van der Waals surface area contributed by atoms with Gasteiger partial charge in [0.1, 0.15) is 5.82 Å². The van der Waals surface area contributed by atoms with Crippen molar-refractivity contribution in [2.24, 2.45) is 5.92 Å². The fourth-order valence-corrected chi connectivity index (χ4v) is 4.42. The SMILES string of the molecule is CCC(=O)N1CCCC(C(=O)Nc2ccc(N(C)C3CCCCC3)c(F)c2)C1. The molecule has 2 aliphatic rings. The zero-order valence-electron chi connectivity index (χ0n) is 17.0. The van der Waals surface area contributed by atoms with E-state index in [1.54, 1.807) is 17.0 Å². The molecule has 0 spiro atoms. The Morgan fingerprint density at radius 2 is 1.93 bits per heavy atom. The number of amides is 2. The second kappa shape index (κ2) is 9.39. The van der Waals surface area contributed by atoms with Crippen LogP contribution in [0.1, 0.15) is 58.3 Å². The molecule has 1 N–H and O–H groups in total. The standard InChI is InChI=1S/C22H32FN3O2/c1-3-21(27)26-13-7-8-16(15-26)22(28)24-17-11-12-20(19(23)14-17)25(2)18-9-5-4-6-10-18/h11-12,14,16,18H,3-10,13,15H2,1-2H3,(H,24,28). The molecule has 1 aromatic rings. The van der Waals surface area contributed by atoms with E-state index in [1.165, 1.54) is 25.3 Å². The summed E-state index contributed by atoms with van der Waals surface area (Å²) in [6.45, 7) is 3.00. The zero-order chi connectivity index (χ0) is 20.1. The summed E-state index contributed by atoms with van der Waals surface area (Å²) in [4.78, 5) is 28.3. The smallest absolute Gasteiger partial charge is 0.229 e. The third-order valence-electron chi connectivity index (χ3n) is 6.16. The first kappa shape index (κ1) is 20.6. The van der Waals surface area contributed by atoms with E-state index in [1.807, 2.05) is 18.9 Å². The highest BCUT2D eigenvalue weighted by Gasteiger charge is 2.28. The molecule has 1 heterocycles. The van der Waals surface area contributed by atoms with E-state index in [-0.39, 0.29) is 23.5 Å². The average Bonchev–Trinajstić information content (AvgIpc) is 2.73. The number of piperidine rings is 1. The molecule has 1 aromatic carbocycles. The molecule has 1 atom stereocenters. The molecule has 154 valence electrons. The summed E-state index contributed by atoms with van der Waals surface area (Å²) in [7, 11) is 1.95. The number of rotatable bonds is 5. The van der Waals surface area contributed by atoms with E-state index in [4.69, 9.17) is 0 Å². The van der Waals surface area contributed by atoms with Crippen molar-refractivity contribution in [3.63, 3.8) is 0 Å². The molecule has 2 amide bonds. The zero-order valence-corrected chi connectivity index (χ0v) is 17.0. The monoisotopic (exact) mass is 389 g/mol. The predicted molar refractivity (Wildman–Crippen MR) is 110 cm³/mol. The van der Waals surface area contributed by atoms with Crippen LogP contribution >= 0.6 is 0 Å². The molecule has 1 aliphatic heterocycles. The Hall–Kier alpha value is -2.11. The second-order valence-corrected chi connectivity index (χ2v) is 8.09. The third-order valence-corrected chi connectivity index (χ3v) is 6.16. The van der Waals surface area contributed by atoms with Gasteiger partial charge in [0.25, 0.3) is 0 Å². The minimum atomic E-state index is -0.308. The number of likely N-dealkylation sites (tertiary alicyclic amines) is 1. The Morgan fingerprint density at radius 1 is 1.18 bits per heavy atom. The number of carbonyl (C=O) groups excluding carboxylic acids is 2. The largest absolute Gasteiger partial charge is 0.369 e. The number of nitrogens with one attached hydrogen (secondary N) is 1. The maximum Gasteiger partial charge on any atom is 0.229 e. The number of halogens is 1. The number of carbonyl (C=O) groups is 2. The molecule has 0 radical (unpaired) electrons. The van der Waals surface area contributed by atoms with Crippen LogP contribution in [-0.4, -0.2) is 42.9 Å². The summed E-state index contributed by atoms with van der Waals surface area (Å²) in [6, 6.07) is 5.32. The second-order valence-electron chi connectivity index (χ2n) is 8.09. The fourth-order valence-electron chi connectivity index (χ4n) is 4.42. The number of benzene rings is 1. The molecule has 6 heteroatoms. The van der Waals surface area contributed by atoms with Crippen LogP contribution in [0.5, 0.6) is 0 Å². The van der Waals surface area contributed by atoms with Crippen molar-refractivity contribution in [2.45, 2.75) is 64.3 Å². The molecule has 1 saturated heterocycles. The Kier molecular flexibility index (Phi) is 6.92. The molecule has 28 heavy (non-hydrogen) atoms. The van der Waals surface area contributed by atoms with Crippen LogP contribution in [0, 0.1) is 11.7 Å². The molecule has 1 saturated carbocycles. The summed E-state index contributed by atoms with van der Waals surface area (Å²) in [6.07, 6.45) is 7.89. The quantitative estimate of drug-likeness (QED) is 0.822. The van der Waals surface area contributed by atoms with Crippen LogP contribution < -0.4 is 10.2 Å². The lowest BCUT2D eigenvalue weighted by molar-refractivity contribution is -0.134. The van der Waals surface area contributed by atoms with Crippen LogP contribution in [0.4, 0.5) is 15.8 Å². The van der Waals surface area contributed by atoms with Gasteiger partial charge in [-0.2, -0.15) is 0 Å². The molecule has 5 nitrogen and oxygen atoms in total. The number of nitrogens with zero attached hydrogens (tertiary/aromatic N) is 2. The number of hydrogen-bond donors (Lipinski definition) is 1. The van der Waals surface area contributed by atoms with E-state index < -0.39 is 0 Å². The number of hydrogen-bond acceptors (Lipinski definition) is 3. The van der Waals surface area contributed by atoms with Gasteiger partial charge in [-0.3, -0.25) is 9.59 Å². The molecule has 3 rings (SSSR count). The highest BCUT2D eigenvalue weighted by molar-refractivity contribution is 5.93.